The van der Waals surface area contributed by atoms with Gasteiger partial charge in [-0.15, -0.1) is 0 Å². The normalized spacial score (nSPS) is 14.1. The highest BCUT2D eigenvalue weighted by molar-refractivity contribution is 5.66. The summed E-state index contributed by atoms with van der Waals surface area (Å²) in [5.41, 5.74) is 2.65. The van der Waals surface area contributed by atoms with E-state index in [9.17, 15) is 9.90 Å². The number of unbranched alkanes of at least 4 members (excludes halogenated alkanes) is 4. The van der Waals surface area contributed by atoms with Crippen LogP contribution in [-0.4, -0.2) is 22.3 Å². The van der Waals surface area contributed by atoms with Crippen LogP contribution in [0.2, 0.25) is 0 Å². The molecule has 34 heavy (non-hydrogen) atoms. The van der Waals surface area contributed by atoms with E-state index >= 15 is 0 Å². The van der Waals surface area contributed by atoms with Gasteiger partial charge in [-0.1, -0.05) is 120 Å². The fraction of sp³-hybridized carbons (Fsp3) is 0.645. The molecule has 0 spiro atoms. The first-order valence-corrected chi connectivity index (χ1v) is 13.7. The van der Waals surface area contributed by atoms with Crippen molar-refractivity contribution in [2.24, 2.45) is 11.8 Å². The van der Waals surface area contributed by atoms with Crippen LogP contribution in [-0.2, 0) is 11.2 Å². The van der Waals surface area contributed by atoms with E-state index in [1.807, 2.05) is 6.08 Å². The second-order valence-corrected chi connectivity index (χ2v) is 10.2. The van der Waals surface area contributed by atoms with E-state index in [4.69, 9.17) is 5.11 Å². The zero-order valence-corrected chi connectivity index (χ0v) is 22.1. The van der Waals surface area contributed by atoms with Crippen molar-refractivity contribution in [2.45, 2.75) is 117 Å². The SMILES string of the molecule is CCCCC[C@H](O)/C=C/C(=C/CCCC[C@@H](CCC(=O)O)CCC(C)C)CCc1ccccc1. The molecule has 0 heterocycles. The van der Waals surface area contributed by atoms with Gasteiger partial charge in [-0.25, -0.2) is 0 Å². The predicted octanol–water partition coefficient (Wildman–Crippen LogP) is 8.52. The summed E-state index contributed by atoms with van der Waals surface area (Å²) in [7, 11) is 0. The number of rotatable bonds is 20. The molecule has 0 radical (unpaired) electrons. The van der Waals surface area contributed by atoms with Crippen LogP contribution in [0.3, 0.4) is 0 Å². The topological polar surface area (TPSA) is 57.5 Å². The Bertz CT molecular complexity index is 690. The van der Waals surface area contributed by atoms with Gasteiger partial charge in [0.1, 0.15) is 0 Å². The molecule has 192 valence electrons. The van der Waals surface area contributed by atoms with Gasteiger partial charge in [0, 0.05) is 6.42 Å². The molecule has 2 N–H and O–H groups in total. The molecule has 0 saturated heterocycles. The Morgan fingerprint density at radius 2 is 1.65 bits per heavy atom. The minimum atomic E-state index is -0.677. The molecule has 3 heteroatoms. The third-order valence-corrected chi connectivity index (χ3v) is 6.57. The number of carboxylic acid groups (broad SMARTS) is 1. The number of aliphatic carboxylic acids is 1. The van der Waals surface area contributed by atoms with Crippen LogP contribution < -0.4 is 0 Å². The maximum atomic E-state index is 11.0. The second kappa shape index (κ2) is 19.4. The lowest BCUT2D eigenvalue weighted by molar-refractivity contribution is -0.137. The van der Waals surface area contributed by atoms with Crippen LogP contribution in [0.1, 0.15) is 110 Å². The van der Waals surface area contributed by atoms with Crippen molar-refractivity contribution in [1.29, 1.82) is 0 Å². The Labute approximate surface area is 209 Å². The summed E-state index contributed by atoms with van der Waals surface area (Å²) in [6, 6.07) is 10.6. The zero-order valence-electron chi connectivity index (χ0n) is 22.1. The molecule has 0 aliphatic heterocycles. The third-order valence-electron chi connectivity index (χ3n) is 6.57. The van der Waals surface area contributed by atoms with Gasteiger partial charge in [-0.3, -0.25) is 4.79 Å². The molecular formula is C31H50O3. The quantitative estimate of drug-likeness (QED) is 0.148. The number of aliphatic hydroxyl groups excluding tert-OH is 1. The Morgan fingerprint density at radius 3 is 2.32 bits per heavy atom. The highest BCUT2D eigenvalue weighted by Gasteiger charge is 2.11. The average molecular weight is 471 g/mol. The number of hydrogen-bond donors (Lipinski definition) is 2. The number of hydrogen-bond acceptors (Lipinski definition) is 2. The van der Waals surface area contributed by atoms with Crippen LogP contribution in [0, 0.1) is 11.8 Å². The van der Waals surface area contributed by atoms with Gasteiger partial charge in [-0.05, 0) is 55.9 Å². The first-order valence-electron chi connectivity index (χ1n) is 13.7. The highest BCUT2D eigenvalue weighted by Crippen LogP contribution is 2.24. The Balaban J connectivity index is 2.58. The third kappa shape index (κ3) is 16.7. The van der Waals surface area contributed by atoms with Crippen LogP contribution >= 0.6 is 0 Å². The van der Waals surface area contributed by atoms with Gasteiger partial charge in [-0.2, -0.15) is 0 Å². The van der Waals surface area contributed by atoms with E-state index < -0.39 is 5.97 Å². The van der Waals surface area contributed by atoms with Gasteiger partial charge < -0.3 is 10.2 Å². The van der Waals surface area contributed by atoms with Crippen molar-refractivity contribution in [3.63, 3.8) is 0 Å². The molecule has 2 atom stereocenters. The minimum absolute atomic E-state index is 0.289. The highest BCUT2D eigenvalue weighted by atomic mass is 16.4. The summed E-state index contributed by atoms with van der Waals surface area (Å²) in [6.07, 6.45) is 20.2. The molecule has 3 nitrogen and oxygen atoms in total. The molecule has 0 bridgehead atoms. The number of allylic oxidation sites excluding steroid dienone is 3. The smallest absolute Gasteiger partial charge is 0.303 e. The van der Waals surface area contributed by atoms with E-state index in [-0.39, 0.29) is 12.5 Å². The van der Waals surface area contributed by atoms with Crippen molar-refractivity contribution in [2.75, 3.05) is 0 Å². The maximum Gasteiger partial charge on any atom is 0.303 e. The van der Waals surface area contributed by atoms with Crippen molar-refractivity contribution in [3.05, 3.63) is 59.7 Å². The Hall–Kier alpha value is -1.87. The van der Waals surface area contributed by atoms with Crippen LogP contribution in [0.15, 0.2) is 54.1 Å². The fourth-order valence-corrected chi connectivity index (χ4v) is 4.32. The predicted molar refractivity (Wildman–Crippen MR) is 145 cm³/mol. The minimum Gasteiger partial charge on any atom is -0.481 e. The lowest BCUT2D eigenvalue weighted by atomic mass is 9.89. The van der Waals surface area contributed by atoms with Crippen LogP contribution in [0.4, 0.5) is 0 Å². The molecule has 0 amide bonds. The van der Waals surface area contributed by atoms with Gasteiger partial charge in [0.15, 0.2) is 0 Å². The van der Waals surface area contributed by atoms with Gasteiger partial charge in [0.05, 0.1) is 6.10 Å². The molecule has 0 fully saturated rings. The van der Waals surface area contributed by atoms with Crippen LogP contribution in [0.5, 0.6) is 0 Å². The van der Waals surface area contributed by atoms with E-state index in [0.717, 1.165) is 64.2 Å². The first-order chi connectivity index (χ1) is 16.4. The molecular weight excluding hydrogens is 420 g/mol. The zero-order chi connectivity index (χ0) is 25.0. The lowest BCUT2D eigenvalue weighted by Gasteiger charge is -2.17. The van der Waals surface area contributed by atoms with E-state index in [1.54, 1.807) is 0 Å². The first kappa shape index (κ1) is 30.2. The monoisotopic (exact) mass is 470 g/mol. The largest absolute Gasteiger partial charge is 0.481 e. The number of aliphatic hydroxyl groups is 1. The summed E-state index contributed by atoms with van der Waals surface area (Å²) >= 11 is 0. The van der Waals surface area contributed by atoms with Gasteiger partial charge in [0.2, 0.25) is 0 Å². The molecule has 1 aromatic carbocycles. The molecule has 1 rings (SSSR count). The summed E-state index contributed by atoms with van der Waals surface area (Å²) in [6.45, 7) is 6.67. The van der Waals surface area contributed by atoms with E-state index in [2.05, 4.69) is 63.3 Å². The summed E-state index contributed by atoms with van der Waals surface area (Å²) in [5, 5.41) is 19.4. The Kier molecular flexibility index (Phi) is 17.2. The number of carbonyl (C=O) groups is 1. The molecule has 1 aromatic rings. The van der Waals surface area contributed by atoms with Gasteiger partial charge >= 0.3 is 5.97 Å². The van der Waals surface area contributed by atoms with Crippen molar-refractivity contribution in [3.8, 4) is 0 Å². The molecule has 0 unspecified atom stereocenters. The standard InChI is InChI=1S/C31H50O3/c1-4-5-8-17-30(32)24-22-29(21-20-27-13-9-6-10-14-27)16-12-7-11-15-28(19-18-26(2)3)23-25-31(33)34/h6,9-10,13-14,16,22,24,26,28,30,32H,4-5,7-8,11-12,15,17-21,23,25H2,1-3H3,(H,33,34)/b24-22+,29-16+/t28-,30+/m1/s1. The molecule has 0 aliphatic rings. The maximum absolute atomic E-state index is 11.0. The summed E-state index contributed by atoms with van der Waals surface area (Å²) in [5.74, 6) is 0.522. The molecule has 0 aromatic heterocycles. The van der Waals surface area contributed by atoms with E-state index in [0.29, 0.717) is 11.8 Å². The lowest BCUT2D eigenvalue weighted by Crippen LogP contribution is -2.06. The second-order valence-electron chi connectivity index (χ2n) is 10.2. The summed E-state index contributed by atoms with van der Waals surface area (Å²) < 4.78 is 0. The molecule has 0 aliphatic carbocycles. The van der Waals surface area contributed by atoms with E-state index in [1.165, 1.54) is 30.4 Å². The number of benzene rings is 1. The van der Waals surface area contributed by atoms with Crippen LogP contribution in [0.25, 0.3) is 0 Å². The Morgan fingerprint density at radius 1 is 0.912 bits per heavy atom. The number of carboxylic acids is 1. The summed E-state index contributed by atoms with van der Waals surface area (Å²) in [4.78, 5) is 11.0. The molecule has 0 saturated carbocycles. The van der Waals surface area contributed by atoms with Crippen molar-refractivity contribution < 1.29 is 15.0 Å². The fourth-order valence-electron chi connectivity index (χ4n) is 4.32. The average Bonchev–Trinajstić information content (AvgIpc) is 2.81. The van der Waals surface area contributed by atoms with Gasteiger partial charge in [0.25, 0.3) is 0 Å². The number of aryl methyl sites for hydroxylation is 1. The van der Waals surface area contributed by atoms with Crippen molar-refractivity contribution in [1.82, 2.24) is 0 Å². The van der Waals surface area contributed by atoms with Crippen molar-refractivity contribution >= 4 is 5.97 Å².